The highest BCUT2D eigenvalue weighted by atomic mass is 35.5. The summed E-state index contributed by atoms with van der Waals surface area (Å²) in [5, 5.41) is 13.2. The predicted molar refractivity (Wildman–Crippen MR) is 115 cm³/mol. The zero-order valence-electron chi connectivity index (χ0n) is 16.3. The lowest BCUT2D eigenvalue weighted by molar-refractivity contribution is -0.124. The molecule has 1 aromatic carbocycles. The summed E-state index contributed by atoms with van der Waals surface area (Å²) in [5.74, 6) is 0.622. The van der Waals surface area contributed by atoms with Crippen LogP contribution in [0.4, 0.5) is 21.7 Å². The van der Waals surface area contributed by atoms with Gasteiger partial charge in [0.2, 0.25) is 5.91 Å². The number of amides is 2. The van der Waals surface area contributed by atoms with E-state index in [1.807, 2.05) is 6.07 Å². The van der Waals surface area contributed by atoms with Crippen LogP contribution in [0, 0.1) is 11.7 Å². The Labute approximate surface area is 181 Å². The van der Waals surface area contributed by atoms with Gasteiger partial charge in [-0.15, -0.1) is 0 Å². The van der Waals surface area contributed by atoms with E-state index in [4.69, 9.17) is 11.6 Å². The van der Waals surface area contributed by atoms with Crippen molar-refractivity contribution < 1.29 is 14.0 Å². The van der Waals surface area contributed by atoms with E-state index in [0.717, 1.165) is 12.4 Å². The topological polar surface area (TPSA) is 100 Å². The van der Waals surface area contributed by atoms with Crippen molar-refractivity contribution in [3.05, 3.63) is 52.4 Å². The first-order valence-electron chi connectivity index (χ1n) is 9.86. The number of nitrogens with one attached hydrogen (secondary N) is 3. The molecule has 0 bridgehead atoms. The van der Waals surface area contributed by atoms with Crippen molar-refractivity contribution in [2.45, 2.75) is 19.3 Å². The highest BCUT2D eigenvalue weighted by Crippen LogP contribution is 2.30. The molecule has 2 fully saturated rings. The lowest BCUT2D eigenvalue weighted by Crippen LogP contribution is -2.19. The van der Waals surface area contributed by atoms with Crippen LogP contribution in [0.2, 0.25) is 5.02 Å². The summed E-state index contributed by atoms with van der Waals surface area (Å²) in [4.78, 5) is 28.1. The van der Waals surface area contributed by atoms with E-state index in [1.165, 1.54) is 25.0 Å². The van der Waals surface area contributed by atoms with Crippen LogP contribution < -0.4 is 16.0 Å². The molecule has 5 rings (SSSR count). The number of carbonyl (C=O) groups is 2. The number of benzene rings is 1. The maximum Gasteiger partial charge on any atom is 0.254 e. The molecule has 158 valence electrons. The number of anilines is 3. The van der Waals surface area contributed by atoms with Gasteiger partial charge in [-0.1, -0.05) is 11.6 Å². The number of carbonyl (C=O) groups excluding carboxylic acids is 2. The van der Waals surface area contributed by atoms with Crippen LogP contribution in [0.25, 0.3) is 11.7 Å². The number of halogens is 2. The molecule has 2 aromatic heterocycles. The molecule has 0 atom stereocenters. The number of nitrogens with zero attached hydrogens (tertiary/aromatic N) is 3. The van der Waals surface area contributed by atoms with Crippen molar-refractivity contribution in [1.29, 1.82) is 0 Å². The number of hydrogen-bond acceptors (Lipinski definition) is 6. The van der Waals surface area contributed by atoms with Gasteiger partial charge in [0, 0.05) is 29.4 Å². The third kappa shape index (κ3) is 4.09. The minimum absolute atomic E-state index is 0.00449. The average Bonchev–Trinajstić information content (AvgIpc) is 3.40. The number of aromatic nitrogens is 3. The second kappa shape index (κ2) is 7.66. The van der Waals surface area contributed by atoms with Gasteiger partial charge >= 0.3 is 0 Å². The molecule has 1 aliphatic carbocycles. The summed E-state index contributed by atoms with van der Waals surface area (Å²) >= 11 is 5.89. The molecule has 1 saturated heterocycles. The van der Waals surface area contributed by atoms with E-state index in [2.05, 4.69) is 26.0 Å². The van der Waals surface area contributed by atoms with Gasteiger partial charge < -0.3 is 10.6 Å². The Morgan fingerprint density at radius 2 is 2.13 bits per heavy atom. The summed E-state index contributed by atoms with van der Waals surface area (Å²) in [5.41, 5.74) is 2.06. The smallest absolute Gasteiger partial charge is 0.254 e. The number of rotatable bonds is 6. The first-order valence-corrected chi connectivity index (χ1v) is 10.2. The molecule has 0 unspecified atom stereocenters. The zero-order valence-corrected chi connectivity index (χ0v) is 17.0. The zero-order chi connectivity index (χ0) is 21.5. The van der Waals surface area contributed by atoms with Gasteiger partial charge in [0.25, 0.3) is 5.91 Å². The first kappa shape index (κ1) is 19.5. The van der Waals surface area contributed by atoms with Crippen LogP contribution in [0.1, 0.15) is 24.8 Å². The molecular formula is C21H18ClFN6O2. The Bertz CT molecular complexity index is 1250. The number of imide groups is 1. The molecule has 0 radical (unpaired) electrons. The van der Waals surface area contributed by atoms with Crippen molar-refractivity contribution in [3.8, 4) is 0 Å². The molecule has 3 heterocycles. The van der Waals surface area contributed by atoms with Crippen LogP contribution in [0.15, 0.2) is 36.0 Å². The average molecular weight is 441 g/mol. The molecule has 2 amide bonds. The SMILES string of the molecule is O=C1C/C(=C\c2cnn3c(NCC4CC4)cc(Nc4ccc(F)c(Cl)c4)nc23)C(=O)N1. The molecule has 3 N–H and O–H groups in total. The van der Waals surface area contributed by atoms with Crippen LogP contribution >= 0.6 is 11.6 Å². The monoisotopic (exact) mass is 440 g/mol. The summed E-state index contributed by atoms with van der Waals surface area (Å²) in [6.45, 7) is 0.814. The quantitative estimate of drug-likeness (QED) is 0.400. The van der Waals surface area contributed by atoms with E-state index in [1.54, 1.807) is 22.9 Å². The third-order valence-electron chi connectivity index (χ3n) is 5.19. The Hall–Kier alpha value is -3.46. The Morgan fingerprint density at radius 1 is 1.29 bits per heavy atom. The molecule has 0 spiro atoms. The third-order valence-corrected chi connectivity index (χ3v) is 5.47. The minimum Gasteiger partial charge on any atom is -0.370 e. The van der Waals surface area contributed by atoms with E-state index in [-0.39, 0.29) is 17.4 Å². The minimum atomic E-state index is -0.503. The van der Waals surface area contributed by atoms with Crippen molar-refractivity contribution >= 4 is 52.5 Å². The van der Waals surface area contributed by atoms with Crippen LogP contribution in [0.3, 0.4) is 0 Å². The van der Waals surface area contributed by atoms with E-state index >= 15 is 0 Å². The van der Waals surface area contributed by atoms with Crippen LogP contribution in [-0.2, 0) is 9.59 Å². The lowest BCUT2D eigenvalue weighted by atomic mass is 10.1. The summed E-state index contributed by atoms with van der Waals surface area (Å²) < 4.78 is 15.2. The first-order chi connectivity index (χ1) is 15.0. The van der Waals surface area contributed by atoms with Gasteiger partial charge in [-0.2, -0.15) is 9.61 Å². The van der Waals surface area contributed by atoms with Gasteiger partial charge in [-0.25, -0.2) is 9.37 Å². The maximum absolute atomic E-state index is 13.5. The van der Waals surface area contributed by atoms with Gasteiger partial charge in [-0.05, 0) is 43.0 Å². The van der Waals surface area contributed by atoms with Crippen molar-refractivity contribution in [2.75, 3.05) is 17.2 Å². The van der Waals surface area contributed by atoms with E-state index < -0.39 is 11.7 Å². The maximum atomic E-state index is 13.5. The molecule has 2 aliphatic rings. The number of fused-ring (bicyclic) bond motifs is 1. The molecule has 8 nitrogen and oxygen atoms in total. The molecule has 1 aliphatic heterocycles. The molecule has 31 heavy (non-hydrogen) atoms. The number of hydrogen-bond donors (Lipinski definition) is 3. The lowest BCUT2D eigenvalue weighted by Gasteiger charge is -2.12. The summed E-state index contributed by atoms with van der Waals surface area (Å²) in [7, 11) is 0. The molecule has 10 heteroatoms. The Morgan fingerprint density at radius 3 is 2.84 bits per heavy atom. The van der Waals surface area contributed by atoms with Crippen molar-refractivity contribution in [2.24, 2.45) is 5.92 Å². The summed E-state index contributed by atoms with van der Waals surface area (Å²) in [6, 6.07) is 6.13. The molecule has 3 aromatic rings. The fourth-order valence-electron chi connectivity index (χ4n) is 3.37. The highest BCUT2D eigenvalue weighted by Gasteiger charge is 2.25. The second-order valence-electron chi connectivity index (χ2n) is 7.66. The van der Waals surface area contributed by atoms with Crippen LogP contribution in [-0.4, -0.2) is 33.0 Å². The van der Waals surface area contributed by atoms with Crippen LogP contribution in [0.5, 0.6) is 0 Å². The van der Waals surface area contributed by atoms with Crippen molar-refractivity contribution in [1.82, 2.24) is 19.9 Å². The van der Waals surface area contributed by atoms with Gasteiger partial charge in [0.1, 0.15) is 17.5 Å². The molecule has 1 saturated carbocycles. The van der Waals surface area contributed by atoms with Gasteiger partial charge in [0.05, 0.1) is 17.6 Å². The highest BCUT2D eigenvalue weighted by molar-refractivity contribution is 6.31. The standard InChI is InChI=1S/C21H18ClFN6O2/c22-15-7-14(3-4-16(15)23)26-17-8-18(24-9-11-1-2-11)29-20(27-17)13(10-25-29)5-12-6-19(30)28-21(12)31/h3-5,7-8,10-11,24H,1-2,6,9H2,(H,26,27)(H,28,30,31)/b12-5+. The second-order valence-corrected chi connectivity index (χ2v) is 8.07. The van der Waals surface area contributed by atoms with Gasteiger partial charge in [-0.3, -0.25) is 14.9 Å². The van der Waals surface area contributed by atoms with E-state index in [0.29, 0.717) is 34.2 Å². The van der Waals surface area contributed by atoms with Gasteiger partial charge in [0.15, 0.2) is 5.65 Å². The van der Waals surface area contributed by atoms with E-state index in [9.17, 15) is 14.0 Å². The van der Waals surface area contributed by atoms with Crippen molar-refractivity contribution in [3.63, 3.8) is 0 Å². The normalized spacial score (nSPS) is 17.4. The predicted octanol–water partition coefficient (Wildman–Crippen LogP) is 3.52. The Balaban J connectivity index is 1.54. The Kier molecular flexibility index (Phi) is 4.82. The largest absolute Gasteiger partial charge is 0.370 e. The fourth-order valence-corrected chi connectivity index (χ4v) is 3.55. The fraction of sp³-hybridized carbons (Fsp3) is 0.238. The summed E-state index contributed by atoms with van der Waals surface area (Å²) in [6.07, 6.45) is 5.64. The molecular weight excluding hydrogens is 423 g/mol.